The Labute approximate surface area is 164 Å². The second-order valence-electron chi connectivity index (χ2n) is 6.44. The van der Waals surface area contributed by atoms with Crippen molar-refractivity contribution in [3.05, 3.63) is 45.8 Å². The number of carbonyl (C=O) groups is 1. The van der Waals surface area contributed by atoms with Gasteiger partial charge in [-0.3, -0.25) is 14.9 Å². The number of anilines is 1. The molecule has 0 saturated carbocycles. The molecule has 3 heterocycles. The summed E-state index contributed by atoms with van der Waals surface area (Å²) in [5.41, 5.74) is 1.31. The Morgan fingerprint density at radius 3 is 2.75 bits per heavy atom. The zero-order chi connectivity index (χ0) is 19.7. The van der Waals surface area contributed by atoms with Crippen molar-refractivity contribution < 1.29 is 4.79 Å². The van der Waals surface area contributed by atoms with Crippen LogP contribution < -0.4 is 10.9 Å². The summed E-state index contributed by atoms with van der Waals surface area (Å²) in [7, 11) is 0. The molecule has 0 aliphatic carbocycles. The molecule has 3 aromatic heterocycles. The topological polar surface area (TPSA) is 94.7 Å². The predicted molar refractivity (Wildman–Crippen MR) is 110 cm³/mol. The molecule has 0 spiro atoms. The molecule has 9 heteroatoms. The van der Waals surface area contributed by atoms with Gasteiger partial charge in [-0.1, -0.05) is 43.4 Å². The van der Waals surface area contributed by atoms with E-state index in [1.165, 1.54) is 16.0 Å². The molecule has 28 heavy (non-hydrogen) atoms. The average Bonchev–Trinajstić information content (AvgIpc) is 3.27. The molecule has 1 amide bonds. The van der Waals surface area contributed by atoms with E-state index in [-0.39, 0.29) is 18.0 Å². The Morgan fingerprint density at radius 2 is 2.00 bits per heavy atom. The highest BCUT2D eigenvalue weighted by atomic mass is 32.1. The van der Waals surface area contributed by atoms with Crippen LogP contribution in [-0.2, 0) is 24.3 Å². The molecule has 0 aliphatic rings. The zero-order valence-corrected chi connectivity index (χ0v) is 16.5. The Morgan fingerprint density at radius 1 is 1.18 bits per heavy atom. The maximum Gasteiger partial charge on any atom is 0.291 e. The third-order valence-corrected chi connectivity index (χ3v) is 5.51. The van der Waals surface area contributed by atoms with Crippen LogP contribution in [0.25, 0.3) is 21.8 Å². The summed E-state index contributed by atoms with van der Waals surface area (Å²) in [5.74, 6) is -0.356. The van der Waals surface area contributed by atoms with Crippen molar-refractivity contribution in [3.8, 4) is 0 Å². The summed E-state index contributed by atoms with van der Waals surface area (Å²) < 4.78 is 3.21. The van der Waals surface area contributed by atoms with Gasteiger partial charge in [-0.25, -0.2) is 4.68 Å². The first-order valence-electron chi connectivity index (χ1n) is 9.21. The van der Waals surface area contributed by atoms with Crippen molar-refractivity contribution in [2.45, 2.75) is 39.8 Å². The van der Waals surface area contributed by atoms with E-state index in [1.807, 2.05) is 35.8 Å². The first-order chi connectivity index (χ1) is 13.6. The number of nitrogens with one attached hydrogen (secondary N) is 1. The van der Waals surface area contributed by atoms with Crippen LogP contribution in [0.3, 0.4) is 0 Å². The summed E-state index contributed by atoms with van der Waals surface area (Å²) in [4.78, 5) is 25.5. The molecule has 1 N–H and O–H groups in total. The van der Waals surface area contributed by atoms with Crippen molar-refractivity contribution in [1.82, 2.24) is 24.5 Å². The Kier molecular flexibility index (Phi) is 4.91. The smallest absolute Gasteiger partial charge is 0.291 e. The largest absolute Gasteiger partial charge is 0.336 e. The lowest BCUT2D eigenvalue weighted by Crippen LogP contribution is -2.30. The molecule has 0 fully saturated rings. The van der Waals surface area contributed by atoms with Gasteiger partial charge in [0.05, 0.1) is 6.20 Å². The fourth-order valence-electron chi connectivity index (χ4n) is 3.30. The van der Waals surface area contributed by atoms with Crippen LogP contribution in [0.5, 0.6) is 0 Å². The lowest BCUT2D eigenvalue weighted by atomic mass is 10.2. The van der Waals surface area contributed by atoms with Crippen LogP contribution in [0.1, 0.15) is 25.3 Å². The minimum atomic E-state index is -0.356. The van der Waals surface area contributed by atoms with Crippen LogP contribution in [0.4, 0.5) is 5.13 Å². The molecule has 0 atom stereocenters. The van der Waals surface area contributed by atoms with Gasteiger partial charge < -0.3 is 4.57 Å². The van der Waals surface area contributed by atoms with E-state index in [9.17, 15) is 9.59 Å². The highest BCUT2D eigenvalue weighted by Gasteiger charge is 2.17. The van der Waals surface area contributed by atoms with Gasteiger partial charge in [0.15, 0.2) is 0 Å². The Hall–Kier alpha value is -3.07. The summed E-state index contributed by atoms with van der Waals surface area (Å²) in [6.07, 6.45) is 3.32. The number of carbonyl (C=O) groups excluding carboxylic acids is 1. The number of hydrogen-bond donors (Lipinski definition) is 1. The molecule has 0 aliphatic heterocycles. The number of benzene rings is 1. The minimum Gasteiger partial charge on any atom is -0.336 e. The van der Waals surface area contributed by atoms with E-state index in [1.54, 1.807) is 6.20 Å². The molecule has 8 nitrogen and oxygen atoms in total. The van der Waals surface area contributed by atoms with E-state index < -0.39 is 0 Å². The second-order valence-corrected chi connectivity index (χ2v) is 7.50. The van der Waals surface area contributed by atoms with E-state index in [0.717, 1.165) is 40.7 Å². The number of rotatable bonds is 6. The van der Waals surface area contributed by atoms with Gasteiger partial charge in [0, 0.05) is 22.8 Å². The fourth-order valence-corrected chi connectivity index (χ4v) is 4.00. The molecule has 0 radical (unpaired) electrons. The van der Waals surface area contributed by atoms with Gasteiger partial charge in [-0.2, -0.15) is 5.10 Å². The zero-order valence-electron chi connectivity index (χ0n) is 15.7. The molecule has 4 aromatic rings. The van der Waals surface area contributed by atoms with Crippen LogP contribution in [0.15, 0.2) is 35.3 Å². The molecule has 4 rings (SSSR count). The summed E-state index contributed by atoms with van der Waals surface area (Å²) in [6, 6.07) is 7.90. The van der Waals surface area contributed by atoms with Gasteiger partial charge >= 0.3 is 0 Å². The van der Waals surface area contributed by atoms with Crippen molar-refractivity contribution in [2.24, 2.45) is 0 Å². The van der Waals surface area contributed by atoms with Crippen molar-refractivity contribution in [2.75, 3.05) is 5.32 Å². The molecular weight excluding hydrogens is 376 g/mol. The van der Waals surface area contributed by atoms with Crippen molar-refractivity contribution in [1.29, 1.82) is 0 Å². The monoisotopic (exact) mass is 396 g/mol. The number of amides is 1. The average molecular weight is 396 g/mol. The predicted octanol–water partition coefficient (Wildman–Crippen LogP) is 2.81. The Bertz CT molecular complexity index is 1220. The van der Waals surface area contributed by atoms with Crippen molar-refractivity contribution in [3.63, 3.8) is 0 Å². The van der Waals surface area contributed by atoms with Crippen molar-refractivity contribution >= 4 is 44.2 Å². The minimum absolute atomic E-state index is 0.177. The summed E-state index contributed by atoms with van der Waals surface area (Å²) >= 11 is 1.32. The normalized spacial score (nSPS) is 11.4. The van der Waals surface area contributed by atoms with Crippen LogP contribution >= 0.6 is 11.3 Å². The number of aryl methyl sites for hydroxylation is 2. The first kappa shape index (κ1) is 18.3. The van der Waals surface area contributed by atoms with Gasteiger partial charge in [0.25, 0.3) is 5.56 Å². The van der Waals surface area contributed by atoms with Crippen LogP contribution in [-0.4, -0.2) is 30.5 Å². The fraction of sp³-hybridized carbons (Fsp3) is 0.316. The number of aromatic nitrogens is 5. The molecule has 0 saturated heterocycles. The summed E-state index contributed by atoms with van der Waals surface area (Å²) in [5, 5.41) is 17.9. The van der Waals surface area contributed by atoms with Crippen LogP contribution in [0, 0.1) is 0 Å². The standard InChI is InChI=1S/C19H20N6O2S/c1-3-9-24-14-8-6-5-7-12(14)13-10-20-25(18(27)17(13)24)11-15(26)21-19-23-22-16(4-2)28-19/h5-8,10H,3-4,9,11H2,1-2H3,(H,21,23,26). The maximum atomic E-state index is 13.1. The number of fused-ring (bicyclic) bond motifs is 3. The first-order valence-corrected chi connectivity index (χ1v) is 10.0. The van der Waals surface area contributed by atoms with Crippen LogP contribution in [0.2, 0.25) is 0 Å². The third-order valence-electron chi connectivity index (χ3n) is 4.53. The molecule has 0 unspecified atom stereocenters. The van der Waals surface area contributed by atoms with Gasteiger partial charge in [0.1, 0.15) is 17.1 Å². The second kappa shape index (κ2) is 7.51. The van der Waals surface area contributed by atoms with Gasteiger partial charge in [-0.15, -0.1) is 10.2 Å². The molecule has 0 bridgehead atoms. The van der Waals surface area contributed by atoms with E-state index in [2.05, 4.69) is 27.5 Å². The van der Waals surface area contributed by atoms with Gasteiger partial charge in [-0.05, 0) is 18.9 Å². The lowest BCUT2D eigenvalue weighted by Gasteiger charge is -2.07. The summed E-state index contributed by atoms with van der Waals surface area (Å²) in [6.45, 7) is 4.59. The third kappa shape index (κ3) is 3.18. The van der Waals surface area contributed by atoms with E-state index >= 15 is 0 Å². The van der Waals surface area contributed by atoms with E-state index in [0.29, 0.717) is 10.6 Å². The molecule has 1 aromatic carbocycles. The lowest BCUT2D eigenvalue weighted by molar-refractivity contribution is -0.117. The highest BCUT2D eigenvalue weighted by molar-refractivity contribution is 7.15. The SMILES string of the molecule is CCCn1c2ccccc2c2cnn(CC(=O)Nc3nnc(CC)s3)c(=O)c21. The number of para-hydroxylation sites is 1. The quantitative estimate of drug-likeness (QED) is 0.541. The molecule has 144 valence electrons. The van der Waals surface area contributed by atoms with E-state index in [4.69, 9.17) is 0 Å². The molecular formula is C19H20N6O2S. The Balaban J connectivity index is 1.71. The number of nitrogens with zero attached hydrogens (tertiary/aromatic N) is 5. The number of hydrogen-bond acceptors (Lipinski definition) is 6. The van der Waals surface area contributed by atoms with Gasteiger partial charge in [0.2, 0.25) is 11.0 Å². The highest BCUT2D eigenvalue weighted by Crippen LogP contribution is 2.26. The maximum absolute atomic E-state index is 13.1.